The second kappa shape index (κ2) is 8.50. The Balaban J connectivity index is 1.60. The van der Waals surface area contributed by atoms with Crippen LogP contribution in [0.3, 0.4) is 0 Å². The van der Waals surface area contributed by atoms with Gasteiger partial charge < -0.3 is 5.32 Å². The van der Waals surface area contributed by atoms with Crippen molar-refractivity contribution in [2.75, 3.05) is 11.9 Å². The predicted molar refractivity (Wildman–Crippen MR) is 115 cm³/mol. The summed E-state index contributed by atoms with van der Waals surface area (Å²) in [5, 5.41) is 2.85. The molecular formula is C21H20N2O2S2. The lowest BCUT2D eigenvalue weighted by Gasteiger charge is -2.14. The van der Waals surface area contributed by atoms with E-state index in [0.29, 0.717) is 9.23 Å². The Kier molecular flexibility index (Phi) is 6.08. The zero-order valence-electron chi connectivity index (χ0n) is 15.2. The summed E-state index contributed by atoms with van der Waals surface area (Å²) in [5.41, 5.74) is 3.95. The first-order valence-electron chi connectivity index (χ1n) is 8.61. The molecule has 0 bridgehead atoms. The molecule has 6 heteroatoms. The highest BCUT2D eigenvalue weighted by Gasteiger charge is 2.32. The minimum Gasteiger partial charge on any atom is -0.326 e. The number of thiocarbonyl (C=S) groups is 1. The Morgan fingerprint density at radius 3 is 2.59 bits per heavy atom. The van der Waals surface area contributed by atoms with E-state index in [1.807, 2.05) is 68.5 Å². The van der Waals surface area contributed by atoms with Crippen molar-refractivity contribution < 1.29 is 9.59 Å². The SMILES string of the molecule is Cc1ccc(/C=C2\SC(=S)N(CCC(=O)Nc3cccc(C)c3)C2=O)cc1. The fourth-order valence-corrected chi connectivity index (χ4v) is 3.98. The van der Waals surface area contributed by atoms with Gasteiger partial charge in [-0.25, -0.2) is 0 Å². The number of hydrogen-bond acceptors (Lipinski definition) is 4. The summed E-state index contributed by atoms with van der Waals surface area (Å²) in [4.78, 5) is 26.9. The van der Waals surface area contributed by atoms with Gasteiger partial charge in [-0.2, -0.15) is 0 Å². The zero-order valence-corrected chi connectivity index (χ0v) is 16.8. The van der Waals surface area contributed by atoms with Crippen LogP contribution in [0.1, 0.15) is 23.1 Å². The van der Waals surface area contributed by atoms with Gasteiger partial charge in [-0.3, -0.25) is 14.5 Å². The second-order valence-corrected chi connectivity index (χ2v) is 8.09. The third-order valence-electron chi connectivity index (χ3n) is 4.11. The Hall–Kier alpha value is -2.44. The lowest BCUT2D eigenvalue weighted by Crippen LogP contribution is -2.31. The molecule has 4 nitrogen and oxygen atoms in total. The van der Waals surface area contributed by atoms with E-state index in [1.165, 1.54) is 22.2 Å². The first-order valence-corrected chi connectivity index (χ1v) is 9.83. The van der Waals surface area contributed by atoms with Gasteiger partial charge >= 0.3 is 0 Å². The normalized spacial score (nSPS) is 15.5. The first kappa shape index (κ1) is 19.3. The largest absolute Gasteiger partial charge is 0.326 e. The van der Waals surface area contributed by atoms with Crippen LogP contribution in [0.2, 0.25) is 0 Å². The van der Waals surface area contributed by atoms with Gasteiger partial charge in [0, 0.05) is 18.7 Å². The van der Waals surface area contributed by atoms with Gasteiger partial charge in [0.15, 0.2) is 0 Å². The lowest BCUT2D eigenvalue weighted by molar-refractivity contribution is -0.122. The summed E-state index contributed by atoms with van der Waals surface area (Å²) in [6, 6.07) is 15.5. The van der Waals surface area contributed by atoms with E-state index in [2.05, 4.69) is 5.32 Å². The van der Waals surface area contributed by atoms with Crippen LogP contribution < -0.4 is 5.32 Å². The summed E-state index contributed by atoms with van der Waals surface area (Å²) >= 11 is 6.60. The molecule has 0 saturated carbocycles. The monoisotopic (exact) mass is 396 g/mol. The number of hydrogen-bond donors (Lipinski definition) is 1. The third kappa shape index (κ3) is 5.05. The standard InChI is InChI=1S/C21H20N2O2S2/c1-14-6-8-16(9-7-14)13-18-20(25)23(21(26)27-18)11-10-19(24)22-17-5-3-4-15(2)12-17/h3-9,12-13H,10-11H2,1-2H3,(H,22,24)/b18-13-. The topological polar surface area (TPSA) is 49.4 Å². The molecule has 1 heterocycles. The molecule has 0 aliphatic carbocycles. The van der Waals surface area contributed by atoms with Crippen molar-refractivity contribution in [3.05, 3.63) is 70.1 Å². The summed E-state index contributed by atoms with van der Waals surface area (Å²) < 4.78 is 0.488. The second-order valence-electron chi connectivity index (χ2n) is 6.41. The Morgan fingerprint density at radius 2 is 1.89 bits per heavy atom. The molecule has 27 heavy (non-hydrogen) atoms. The quantitative estimate of drug-likeness (QED) is 0.596. The van der Waals surface area contributed by atoms with Crippen LogP contribution in [-0.2, 0) is 9.59 Å². The van der Waals surface area contributed by atoms with E-state index in [9.17, 15) is 9.59 Å². The van der Waals surface area contributed by atoms with E-state index >= 15 is 0 Å². The molecule has 3 rings (SSSR count). The molecule has 2 amide bonds. The molecule has 0 unspecified atom stereocenters. The van der Waals surface area contributed by atoms with Gasteiger partial charge in [0.05, 0.1) is 4.91 Å². The predicted octanol–water partition coefficient (Wildman–Crippen LogP) is 4.53. The third-order valence-corrected chi connectivity index (χ3v) is 5.49. The smallest absolute Gasteiger partial charge is 0.266 e. The van der Waals surface area contributed by atoms with E-state index in [1.54, 1.807) is 0 Å². The highest BCUT2D eigenvalue weighted by atomic mass is 32.2. The number of benzene rings is 2. The number of carbonyl (C=O) groups is 2. The molecule has 2 aromatic carbocycles. The summed E-state index contributed by atoms with van der Waals surface area (Å²) in [6.45, 7) is 4.26. The highest BCUT2D eigenvalue weighted by molar-refractivity contribution is 8.26. The number of anilines is 1. The van der Waals surface area contributed by atoms with Crippen molar-refractivity contribution in [3.63, 3.8) is 0 Å². The van der Waals surface area contributed by atoms with Crippen molar-refractivity contribution in [1.82, 2.24) is 4.90 Å². The highest BCUT2D eigenvalue weighted by Crippen LogP contribution is 2.32. The van der Waals surface area contributed by atoms with Crippen LogP contribution >= 0.6 is 24.0 Å². The van der Waals surface area contributed by atoms with Crippen LogP contribution in [0.25, 0.3) is 6.08 Å². The van der Waals surface area contributed by atoms with Gasteiger partial charge in [0.25, 0.3) is 5.91 Å². The van der Waals surface area contributed by atoms with Gasteiger partial charge in [-0.1, -0.05) is 65.9 Å². The molecule has 1 N–H and O–H groups in total. The molecule has 0 atom stereocenters. The van der Waals surface area contributed by atoms with Crippen LogP contribution in [0.4, 0.5) is 5.69 Å². The molecule has 2 aromatic rings. The fraction of sp³-hybridized carbons (Fsp3) is 0.190. The molecule has 1 fully saturated rings. The molecule has 1 saturated heterocycles. The maximum atomic E-state index is 12.6. The average Bonchev–Trinajstić information content (AvgIpc) is 2.88. The Bertz CT molecular complexity index is 920. The van der Waals surface area contributed by atoms with Gasteiger partial charge in [0.1, 0.15) is 4.32 Å². The summed E-state index contributed by atoms with van der Waals surface area (Å²) in [6.07, 6.45) is 2.03. The van der Waals surface area contributed by atoms with Crippen molar-refractivity contribution in [3.8, 4) is 0 Å². The maximum Gasteiger partial charge on any atom is 0.266 e. The van der Waals surface area contributed by atoms with Crippen LogP contribution in [0.15, 0.2) is 53.4 Å². The molecule has 1 aliphatic heterocycles. The summed E-state index contributed by atoms with van der Waals surface area (Å²) in [7, 11) is 0. The minimum atomic E-state index is -0.145. The number of carbonyl (C=O) groups excluding carboxylic acids is 2. The minimum absolute atomic E-state index is 0.142. The molecule has 0 aromatic heterocycles. The van der Waals surface area contributed by atoms with Gasteiger partial charge in [0.2, 0.25) is 5.91 Å². The van der Waals surface area contributed by atoms with Crippen molar-refractivity contribution in [1.29, 1.82) is 0 Å². The van der Waals surface area contributed by atoms with E-state index in [4.69, 9.17) is 12.2 Å². The van der Waals surface area contributed by atoms with Crippen molar-refractivity contribution >= 4 is 51.9 Å². The average molecular weight is 397 g/mol. The van der Waals surface area contributed by atoms with Crippen LogP contribution in [-0.4, -0.2) is 27.6 Å². The number of nitrogens with zero attached hydrogens (tertiary/aromatic N) is 1. The zero-order chi connectivity index (χ0) is 19.4. The molecule has 138 valence electrons. The van der Waals surface area contributed by atoms with Crippen LogP contribution in [0, 0.1) is 13.8 Å². The molecule has 1 aliphatic rings. The first-order chi connectivity index (χ1) is 12.9. The Morgan fingerprint density at radius 1 is 1.15 bits per heavy atom. The van der Waals surface area contributed by atoms with Crippen molar-refractivity contribution in [2.24, 2.45) is 0 Å². The van der Waals surface area contributed by atoms with E-state index < -0.39 is 0 Å². The fourth-order valence-electron chi connectivity index (χ4n) is 2.67. The van der Waals surface area contributed by atoms with Gasteiger partial charge in [-0.15, -0.1) is 0 Å². The Labute approximate surface area is 168 Å². The molecule has 0 spiro atoms. The van der Waals surface area contributed by atoms with E-state index in [-0.39, 0.29) is 24.8 Å². The molecule has 0 radical (unpaired) electrons. The van der Waals surface area contributed by atoms with Gasteiger partial charge in [-0.05, 0) is 43.2 Å². The summed E-state index contributed by atoms with van der Waals surface area (Å²) in [5.74, 6) is -0.286. The van der Waals surface area contributed by atoms with Crippen LogP contribution in [0.5, 0.6) is 0 Å². The number of nitrogens with one attached hydrogen (secondary N) is 1. The van der Waals surface area contributed by atoms with E-state index in [0.717, 1.165) is 16.8 Å². The maximum absolute atomic E-state index is 12.6. The number of amides is 2. The number of aryl methyl sites for hydroxylation is 2. The van der Waals surface area contributed by atoms with Crippen molar-refractivity contribution in [2.45, 2.75) is 20.3 Å². The number of rotatable bonds is 5. The molecular weight excluding hydrogens is 376 g/mol. The number of thioether (sulfide) groups is 1. The lowest BCUT2D eigenvalue weighted by atomic mass is 10.1.